The molecule has 1 aliphatic rings. The minimum atomic E-state index is -0.305. The lowest BCUT2D eigenvalue weighted by Gasteiger charge is -2.16. The number of allylic oxidation sites excluding steroid dienone is 2. The SMILES string of the molecule is CCC#C/C=C(\C=C(/C)Cl)CNC(=O)n1c2c(c3cc(F)ccc31)CNCC2. The molecule has 0 radical (unpaired) electrons. The van der Waals surface area contributed by atoms with Gasteiger partial charge in [-0.3, -0.25) is 4.57 Å². The topological polar surface area (TPSA) is 46.1 Å². The molecule has 0 fully saturated rings. The van der Waals surface area contributed by atoms with Crippen LogP contribution in [-0.2, 0) is 13.0 Å². The summed E-state index contributed by atoms with van der Waals surface area (Å²) in [5.41, 5.74) is 3.45. The van der Waals surface area contributed by atoms with Gasteiger partial charge in [0.25, 0.3) is 0 Å². The van der Waals surface area contributed by atoms with E-state index in [-0.39, 0.29) is 11.8 Å². The lowest BCUT2D eigenvalue weighted by molar-refractivity contribution is 0.243. The molecule has 146 valence electrons. The van der Waals surface area contributed by atoms with Crippen molar-refractivity contribution >= 4 is 28.5 Å². The summed E-state index contributed by atoms with van der Waals surface area (Å²) < 4.78 is 15.4. The molecule has 0 atom stereocenters. The highest BCUT2D eigenvalue weighted by Crippen LogP contribution is 2.29. The van der Waals surface area contributed by atoms with E-state index in [9.17, 15) is 9.18 Å². The largest absolute Gasteiger partial charge is 0.333 e. The molecule has 2 N–H and O–H groups in total. The molecule has 1 amide bonds. The number of nitrogens with one attached hydrogen (secondary N) is 2. The minimum absolute atomic E-state index is 0.241. The number of hydrogen-bond donors (Lipinski definition) is 2. The summed E-state index contributed by atoms with van der Waals surface area (Å²) >= 11 is 6.00. The summed E-state index contributed by atoms with van der Waals surface area (Å²) in [4.78, 5) is 13.0. The number of carbonyl (C=O) groups excluding carboxylic acids is 1. The molecule has 1 aromatic carbocycles. The Morgan fingerprint density at radius 3 is 3.04 bits per heavy atom. The van der Waals surface area contributed by atoms with Crippen LogP contribution in [0.1, 0.15) is 31.5 Å². The van der Waals surface area contributed by atoms with Crippen LogP contribution in [0, 0.1) is 17.7 Å². The second kappa shape index (κ2) is 9.09. The summed E-state index contributed by atoms with van der Waals surface area (Å²) in [6.07, 6.45) is 5.02. The van der Waals surface area contributed by atoms with Crippen molar-refractivity contribution in [1.82, 2.24) is 15.2 Å². The summed E-state index contributed by atoms with van der Waals surface area (Å²) in [7, 11) is 0. The third-order valence-corrected chi connectivity index (χ3v) is 4.66. The zero-order chi connectivity index (χ0) is 20.1. The normalized spacial score (nSPS) is 14.4. The number of carbonyl (C=O) groups is 1. The number of fused-ring (bicyclic) bond motifs is 3. The van der Waals surface area contributed by atoms with E-state index in [2.05, 4.69) is 22.5 Å². The van der Waals surface area contributed by atoms with Crippen molar-refractivity contribution in [3.8, 4) is 11.8 Å². The molecule has 0 saturated carbocycles. The maximum Gasteiger partial charge on any atom is 0.326 e. The molecular weight excluding hydrogens is 377 g/mol. The molecule has 0 bridgehead atoms. The van der Waals surface area contributed by atoms with Crippen molar-refractivity contribution < 1.29 is 9.18 Å². The minimum Gasteiger partial charge on any atom is -0.333 e. The van der Waals surface area contributed by atoms with Crippen LogP contribution < -0.4 is 10.6 Å². The first kappa shape index (κ1) is 20.2. The van der Waals surface area contributed by atoms with Crippen LogP contribution in [0.2, 0.25) is 0 Å². The van der Waals surface area contributed by atoms with Gasteiger partial charge >= 0.3 is 6.03 Å². The predicted molar refractivity (Wildman–Crippen MR) is 112 cm³/mol. The fourth-order valence-electron chi connectivity index (χ4n) is 3.39. The first-order valence-electron chi connectivity index (χ1n) is 9.33. The fourth-order valence-corrected chi connectivity index (χ4v) is 3.53. The van der Waals surface area contributed by atoms with E-state index < -0.39 is 0 Å². The molecule has 1 aromatic heterocycles. The molecule has 4 nitrogen and oxygen atoms in total. The zero-order valence-corrected chi connectivity index (χ0v) is 16.8. The molecular formula is C22H23ClFN3O. The Hall–Kier alpha value is -2.55. The van der Waals surface area contributed by atoms with E-state index >= 15 is 0 Å². The van der Waals surface area contributed by atoms with Gasteiger partial charge in [-0.15, -0.1) is 0 Å². The van der Waals surface area contributed by atoms with Crippen LogP contribution >= 0.6 is 11.6 Å². The Labute approximate surface area is 169 Å². The molecule has 0 aliphatic carbocycles. The second-order valence-electron chi connectivity index (χ2n) is 6.63. The van der Waals surface area contributed by atoms with Crippen molar-refractivity contribution in [2.24, 2.45) is 0 Å². The number of hydrogen-bond acceptors (Lipinski definition) is 2. The van der Waals surface area contributed by atoms with Crippen molar-refractivity contribution in [2.45, 2.75) is 33.2 Å². The van der Waals surface area contributed by atoms with Gasteiger partial charge in [-0.25, -0.2) is 9.18 Å². The molecule has 6 heteroatoms. The van der Waals surface area contributed by atoms with Crippen LogP contribution in [0.3, 0.4) is 0 Å². The molecule has 3 rings (SSSR count). The number of halogens is 2. The van der Waals surface area contributed by atoms with E-state index in [4.69, 9.17) is 11.6 Å². The van der Waals surface area contributed by atoms with Gasteiger partial charge in [-0.05, 0) is 48.4 Å². The first-order valence-corrected chi connectivity index (χ1v) is 9.71. The number of rotatable bonds is 3. The molecule has 1 aliphatic heterocycles. The van der Waals surface area contributed by atoms with Gasteiger partial charge in [0.15, 0.2) is 0 Å². The van der Waals surface area contributed by atoms with E-state index in [1.165, 1.54) is 12.1 Å². The summed E-state index contributed by atoms with van der Waals surface area (Å²) in [5.74, 6) is 5.64. The molecule has 0 spiro atoms. The number of nitrogens with zero attached hydrogens (tertiary/aromatic N) is 1. The summed E-state index contributed by atoms with van der Waals surface area (Å²) in [6, 6.07) is 4.30. The van der Waals surface area contributed by atoms with Crippen LogP contribution in [0.4, 0.5) is 9.18 Å². The van der Waals surface area contributed by atoms with Crippen LogP contribution in [0.5, 0.6) is 0 Å². The Kier molecular flexibility index (Phi) is 6.56. The molecule has 28 heavy (non-hydrogen) atoms. The van der Waals surface area contributed by atoms with Gasteiger partial charge in [0.2, 0.25) is 0 Å². The average molecular weight is 400 g/mol. The number of aromatic nitrogens is 1. The van der Waals surface area contributed by atoms with Gasteiger partial charge in [-0.1, -0.05) is 30.4 Å². The zero-order valence-electron chi connectivity index (χ0n) is 16.0. The quantitative estimate of drug-likeness (QED) is 0.591. The Bertz CT molecular complexity index is 1020. The van der Waals surface area contributed by atoms with E-state index in [0.29, 0.717) is 30.1 Å². The smallest absolute Gasteiger partial charge is 0.326 e. The van der Waals surface area contributed by atoms with E-state index in [1.807, 2.05) is 6.92 Å². The van der Waals surface area contributed by atoms with Crippen LogP contribution in [-0.4, -0.2) is 23.7 Å². The standard InChI is InChI=1S/C22H23ClFN3O/c1-3-4-5-6-16(11-15(2)23)13-26-22(28)27-20-8-7-17(24)12-18(20)19-14-25-10-9-21(19)27/h6-8,11-12,25H,3,9-10,13-14H2,1-2H3,(H,26,28)/b15-11+,16-6+. The predicted octanol–water partition coefficient (Wildman–Crippen LogP) is 4.47. The highest BCUT2D eigenvalue weighted by Gasteiger charge is 2.23. The van der Waals surface area contributed by atoms with Crippen molar-refractivity contribution in [3.05, 3.63) is 58.0 Å². The molecule has 2 heterocycles. The van der Waals surface area contributed by atoms with Crippen LogP contribution in [0.15, 0.2) is 41.0 Å². The highest BCUT2D eigenvalue weighted by atomic mass is 35.5. The van der Waals surface area contributed by atoms with Gasteiger partial charge in [-0.2, -0.15) is 0 Å². The third-order valence-electron chi connectivity index (χ3n) is 4.55. The van der Waals surface area contributed by atoms with Gasteiger partial charge in [0, 0.05) is 48.6 Å². The number of benzene rings is 1. The molecule has 2 aromatic rings. The monoisotopic (exact) mass is 399 g/mol. The summed E-state index contributed by atoms with van der Waals surface area (Å²) in [5, 5.41) is 7.63. The van der Waals surface area contributed by atoms with Crippen molar-refractivity contribution in [3.63, 3.8) is 0 Å². The Morgan fingerprint density at radius 2 is 2.29 bits per heavy atom. The van der Waals surface area contributed by atoms with E-state index in [1.54, 1.807) is 29.7 Å². The molecule has 0 unspecified atom stereocenters. The average Bonchev–Trinajstić information content (AvgIpc) is 2.99. The lowest BCUT2D eigenvalue weighted by Crippen LogP contribution is -2.33. The maximum absolute atomic E-state index is 13.8. The first-order chi connectivity index (χ1) is 13.5. The van der Waals surface area contributed by atoms with Gasteiger partial charge < -0.3 is 10.6 Å². The van der Waals surface area contributed by atoms with Crippen molar-refractivity contribution in [2.75, 3.05) is 13.1 Å². The summed E-state index contributed by atoms with van der Waals surface area (Å²) in [6.45, 7) is 5.46. The second-order valence-corrected chi connectivity index (χ2v) is 7.23. The Balaban J connectivity index is 1.91. The van der Waals surface area contributed by atoms with Crippen LogP contribution in [0.25, 0.3) is 10.9 Å². The van der Waals surface area contributed by atoms with E-state index in [0.717, 1.165) is 35.2 Å². The number of amides is 1. The van der Waals surface area contributed by atoms with Crippen molar-refractivity contribution in [1.29, 1.82) is 0 Å². The molecule has 0 saturated heterocycles. The Morgan fingerprint density at radius 1 is 1.46 bits per heavy atom. The fraction of sp³-hybridized carbons (Fsp3) is 0.318. The lowest BCUT2D eigenvalue weighted by atomic mass is 10.1. The van der Waals surface area contributed by atoms with Gasteiger partial charge in [0.05, 0.1) is 5.52 Å². The highest BCUT2D eigenvalue weighted by molar-refractivity contribution is 6.29. The van der Waals surface area contributed by atoms with Gasteiger partial charge in [0.1, 0.15) is 5.82 Å². The maximum atomic E-state index is 13.8. The third kappa shape index (κ3) is 4.46.